The molecule has 2 rings (SSSR count). The van der Waals surface area contributed by atoms with Crippen molar-refractivity contribution in [1.29, 1.82) is 0 Å². The van der Waals surface area contributed by atoms with Gasteiger partial charge in [-0.25, -0.2) is 0 Å². The molecule has 0 amide bonds. The molecule has 1 aliphatic rings. The van der Waals surface area contributed by atoms with Gasteiger partial charge >= 0.3 is 0 Å². The maximum absolute atomic E-state index is 6.07. The minimum Gasteiger partial charge on any atom is -0.374 e. The number of hydrogen-bond acceptors (Lipinski definition) is 3. The molecule has 0 spiro atoms. The Morgan fingerprint density at radius 1 is 1.39 bits per heavy atom. The summed E-state index contributed by atoms with van der Waals surface area (Å²) in [7, 11) is 0. The molecule has 5 heteroatoms. The van der Waals surface area contributed by atoms with Crippen molar-refractivity contribution in [2.45, 2.75) is 25.7 Å². The molecule has 1 saturated heterocycles. The second-order valence-corrected chi connectivity index (χ2v) is 5.32. The van der Waals surface area contributed by atoms with E-state index in [9.17, 15) is 0 Å². The highest BCUT2D eigenvalue weighted by atomic mass is 35.5. The summed E-state index contributed by atoms with van der Waals surface area (Å²) in [5.41, 5.74) is 0.942. The molecular formula is C13H17Cl2NO2. The lowest BCUT2D eigenvalue weighted by atomic mass is 10.2. The van der Waals surface area contributed by atoms with Crippen LogP contribution < -0.4 is 5.32 Å². The monoisotopic (exact) mass is 289 g/mol. The summed E-state index contributed by atoms with van der Waals surface area (Å²) in [6.45, 7) is 4.83. The van der Waals surface area contributed by atoms with Crippen molar-refractivity contribution in [2.24, 2.45) is 0 Å². The first-order valence-electron chi connectivity index (χ1n) is 6.03. The summed E-state index contributed by atoms with van der Waals surface area (Å²) in [5.74, 6) is 0. The molecule has 3 nitrogen and oxygen atoms in total. The van der Waals surface area contributed by atoms with E-state index < -0.39 is 0 Å². The highest BCUT2D eigenvalue weighted by Crippen LogP contribution is 2.21. The maximum Gasteiger partial charge on any atom is 0.0936 e. The SMILES string of the molecule is CC1CNCC(COCc2ccc(Cl)cc2Cl)O1. The lowest BCUT2D eigenvalue weighted by Crippen LogP contribution is -2.45. The highest BCUT2D eigenvalue weighted by molar-refractivity contribution is 6.35. The third kappa shape index (κ3) is 4.11. The molecule has 0 bridgehead atoms. The van der Waals surface area contributed by atoms with Gasteiger partial charge in [-0.15, -0.1) is 0 Å². The molecule has 0 aromatic heterocycles. The summed E-state index contributed by atoms with van der Waals surface area (Å²) in [6.07, 6.45) is 0.353. The van der Waals surface area contributed by atoms with E-state index in [2.05, 4.69) is 12.2 Å². The van der Waals surface area contributed by atoms with Crippen LogP contribution in [0.4, 0.5) is 0 Å². The zero-order valence-electron chi connectivity index (χ0n) is 10.3. The first-order chi connectivity index (χ1) is 8.65. The topological polar surface area (TPSA) is 30.5 Å². The number of nitrogens with one attached hydrogen (secondary N) is 1. The molecule has 100 valence electrons. The first kappa shape index (κ1) is 14.1. The van der Waals surface area contributed by atoms with E-state index in [1.165, 1.54) is 0 Å². The van der Waals surface area contributed by atoms with Crippen LogP contribution in [0.3, 0.4) is 0 Å². The molecule has 1 aliphatic heterocycles. The zero-order valence-corrected chi connectivity index (χ0v) is 11.8. The fourth-order valence-corrected chi connectivity index (χ4v) is 2.37. The van der Waals surface area contributed by atoms with Crippen LogP contribution >= 0.6 is 23.2 Å². The molecule has 1 aromatic carbocycles. The predicted octanol–water partition coefficient (Wildman–Crippen LogP) is 2.89. The largest absolute Gasteiger partial charge is 0.374 e. The number of benzene rings is 1. The number of hydrogen-bond donors (Lipinski definition) is 1. The van der Waals surface area contributed by atoms with Gasteiger partial charge < -0.3 is 14.8 Å². The van der Waals surface area contributed by atoms with Gasteiger partial charge in [0.15, 0.2) is 0 Å². The third-order valence-corrected chi connectivity index (χ3v) is 3.39. The van der Waals surface area contributed by atoms with E-state index in [4.69, 9.17) is 32.7 Å². The average molecular weight is 290 g/mol. The van der Waals surface area contributed by atoms with Crippen LogP contribution in [0.25, 0.3) is 0 Å². The lowest BCUT2D eigenvalue weighted by Gasteiger charge is -2.28. The van der Waals surface area contributed by atoms with Crippen molar-refractivity contribution in [3.05, 3.63) is 33.8 Å². The fraction of sp³-hybridized carbons (Fsp3) is 0.538. The standard InChI is InChI=1S/C13H17Cl2NO2/c1-9-5-16-6-12(18-9)8-17-7-10-2-3-11(14)4-13(10)15/h2-4,9,12,16H,5-8H2,1H3. The fourth-order valence-electron chi connectivity index (χ4n) is 1.91. The summed E-state index contributed by atoms with van der Waals surface area (Å²) < 4.78 is 11.4. The average Bonchev–Trinajstić information content (AvgIpc) is 2.32. The van der Waals surface area contributed by atoms with E-state index in [0.717, 1.165) is 18.7 Å². The van der Waals surface area contributed by atoms with E-state index in [0.29, 0.717) is 23.3 Å². The van der Waals surface area contributed by atoms with Crippen molar-refractivity contribution in [3.8, 4) is 0 Å². The van der Waals surface area contributed by atoms with Gasteiger partial charge in [0.25, 0.3) is 0 Å². The second-order valence-electron chi connectivity index (χ2n) is 4.48. The second kappa shape index (κ2) is 6.73. The van der Waals surface area contributed by atoms with Gasteiger partial charge in [-0.2, -0.15) is 0 Å². The van der Waals surface area contributed by atoms with Crippen LogP contribution in [-0.4, -0.2) is 31.9 Å². The molecular weight excluding hydrogens is 273 g/mol. The Balaban J connectivity index is 1.77. The quantitative estimate of drug-likeness (QED) is 0.925. The molecule has 1 aromatic rings. The Kier molecular flexibility index (Phi) is 5.27. The Bertz CT molecular complexity index is 401. The van der Waals surface area contributed by atoms with Crippen LogP contribution in [0.5, 0.6) is 0 Å². The van der Waals surface area contributed by atoms with Gasteiger partial charge in [0.05, 0.1) is 25.4 Å². The number of halogens is 2. The molecule has 0 aliphatic carbocycles. The van der Waals surface area contributed by atoms with Crippen LogP contribution in [0.15, 0.2) is 18.2 Å². The van der Waals surface area contributed by atoms with Crippen molar-refractivity contribution >= 4 is 23.2 Å². The minimum absolute atomic E-state index is 0.111. The lowest BCUT2D eigenvalue weighted by molar-refractivity contribution is -0.0716. The minimum atomic E-state index is 0.111. The number of rotatable bonds is 4. The summed E-state index contributed by atoms with van der Waals surface area (Å²) >= 11 is 11.9. The van der Waals surface area contributed by atoms with Crippen molar-refractivity contribution in [1.82, 2.24) is 5.32 Å². The van der Waals surface area contributed by atoms with Crippen molar-refractivity contribution in [2.75, 3.05) is 19.7 Å². The van der Waals surface area contributed by atoms with Crippen LogP contribution in [0.1, 0.15) is 12.5 Å². The Morgan fingerprint density at radius 3 is 2.94 bits per heavy atom. The zero-order chi connectivity index (χ0) is 13.0. The van der Waals surface area contributed by atoms with E-state index in [-0.39, 0.29) is 12.2 Å². The molecule has 0 radical (unpaired) electrons. The Labute approximate surface area is 117 Å². The van der Waals surface area contributed by atoms with Gasteiger partial charge in [-0.3, -0.25) is 0 Å². The summed E-state index contributed by atoms with van der Waals surface area (Å²) in [6, 6.07) is 5.42. The molecule has 2 atom stereocenters. The van der Waals surface area contributed by atoms with Crippen molar-refractivity contribution < 1.29 is 9.47 Å². The summed E-state index contributed by atoms with van der Waals surface area (Å²) in [4.78, 5) is 0. The normalized spacial score (nSPS) is 24.2. The van der Waals surface area contributed by atoms with E-state index in [1.54, 1.807) is 6.07 Å². The molecule has 0 saturated carbocycles. The smallest absolute Gasteiger partial charge is 0.0936 e. The van der Waals surface area contributed by atoms with Crippen LogP contribution in [0, 0.1) is 0 Å². The van der Waals surface area contributed by atoms with Crippen LogP contribution in [0.2, 0.25) is 10.0 Å². The van der Waals surface area contributed by atoms with E-state index >= 15 is 0 Å². The van der Waals surface area contributed by atoms with Crippen molar-refractivity contribution in [3.63, 3.8) is 0 Å². The molecule has 2 unspecified atom stereocenters. The molecule has 18 heavy (non-hydrogen) atoms. The predicted molar refractivity (Wildman–Crippen MR) is 73.3 cm³/mol. The molecule has 1 N–H and O–H groups in total. The Morgan fingerprint density at radius 2 is 2.22 bits per heavy atom. The van der Waals surface area contributed by atoms with Crippen LogP contribution in [-0.2, 0) is 16.1 Å². The first-order valence-corrected chi connectivity index (χ1v) is 6.78. The molecule has 1 fully saturated rings. The highest BCUT2D eigenvalue weighted by Gasteiger charge is 2.18. The third-order valence-electron chi connectivity index (χ3n) is 2.80. The van der Waals surface area contributed by atoms with Gasteiger partial charge in [0, 0.05) is 23.1 Å². The summed E-state index contributed by atoms with van der Waals surface area (Å²) in [5, 5.41) is 4.58. The van der Waals surface area contributed by atoms with Gasteiger partial charge in [-0.05, 0) is 24.6 Å². The Hall–Kier alpha value is -0.320. The van der Waals surface area contributed by atoms with Gasteiger partial charge in [0.1, 0.15) is 0 Å². The van der Waals surface area contributed by atoms with Gasteiger partial charge in [-0.1, -0.05) is 29.3 Å². The number of morpholine rings is 1. The van der Waals surface area contributed by atoms with E-state index in [1.807, 2.05) is 12.1 Å². The van der Waals surface area contributed by atoms with Gasteiger partial charge in [0.2, 0.25) is 0 Å². The maximum atomic E-state index is 6.07. The number of ether oxygens (including phenoxy) is 2. The molecule has 1 heterocycles.